The van der Waals surface area contributed by atoms with E-state index >= 15 is 0 Å². The number of benzene rings is 1. The van der Waals surface area contributed by atoms with Crippen LogP contribution in [0.2, 0.25) is 0 Å². The molecule has 1 saturated carbocycles. The molecule has 1 spiro atoms. The number of rotatable bonds is 5. The second-order valence-corrected chi connectivity index (χ2v) is 9.28. The Labute approximate surface area is 176 Å². The summed E-state index contributed by atoms with van der Waals surface area (Å²) >= 11 is 0. The Kier molecular flexibility index (Phi) is 5.87. The number of para-hydroxylation sites is 1. The summed E-state index contributed by atoms with van der Waals surface area (Å²) in [5, 5.41) is 5.48. The van der Waals surface area contributed by atoms with E-state index in [4.69, 9.17) is 4.74 Å². The lowest BCUT2D eigenvalue weighted by atomic mass is 9.64. The summed E-state index contributed by atoms with van der Waals surface area (Å²) in [7, 11) is 0. The SMILES string of the molecule is Cc1ccccc1NC(=O)COC(=O)CN1C(=O)N[C@]2(C[C@H](C)CC(C)(C)C2)C1=O. The third kappa shape index (κ3) is 4.63. The molecule has 2 aliphatic rings. The molecular formula is C22H29N3O5. The first-order valence-electron chi connectivity index (χ1n) is 10.2. The van der Waals surface area contributed by atoms with Crippen molar-refractivity contribution in [2.24, 2.45) is 11.3 Å². The van der Waals surface area contributed by atoms with Gasteiger partial charge in [-0.1, -0.05) is 39.0 Å². The molecule has 8 nitrogen and oxygen atoms in total. The zero-order chi connectivity index (χ0) is 22.1. The molecule has 2 fully saturated rings. The van der Waals surface area contributed by atoms with E-state index in [1.807, 2.05) is 19.1 Å². The number of nitrogens with zero attached hydrogens (tertiary/aromatic N) is 1. The van der Waals surface area contributed by atoms with Gasteiger partial charge in [-0.3, -0.25) is 19.3 Å². The summed E-state index contributed by atoms with van der Waals surface area (Å²) in [6.07, 6.45) is 2.04. The number of amides is 4. The number of carbonyl (C=O) groups excluding carboxylic acids is 4. The molecule has 4 amide bonds. The van der Waals surface area contributed by atoms with Gasteiger partial charge in [0.2, 0.25) is 0 Å². The van der Waals surface area contributed by atoms with Crippen LogP contribution in [0.3, 0.4) is 0 Å². The van der Waals surface area contributed by atoms with E-state index in [0.29, 0.717) is 18.5 Å². The summed E-state index contributed by atoms with van der Waals surface area (Å²) < 4.78 is 4.99. The highest BCUT2D eigenvalue weighted by Gasteiger charge is 2.56. The van der Waals surface area contributed by atoms with Crippen LogP contribution in [0.4, 0.5) is 10.5 Å². The molecule has 1 aliphatic heterocycles. The lowest BCUT2D eigenvalue weighted by molar-refractivity contribution is -0.150. The highest BCUT2D eigenvalue weighted by atomic mass is 16.5. The number of aryl methyl sites for hydroxylation is 1. The van der Waals surface area contributed by atoms with Gasteiger partial charge in [0.05, 0.1) is 0 Å². The first kappa shape index (κ1) is 21.8. The van der Waals surface area contributed by atoms with Crippen LogP contribution in [-0.2, 0) is 19.1 Å². The Balaban J connectivity index is 1.56. The Bertz CT molecular complexity index is 881. The minimum Gasteiger partial charge on any atom is -0.454 e. The first-order chi connectivity index (χ1) is 14.0. The molecule has 0 aromatic heterocycles. The monoisotopic (exact) mass is 415 g/mol. The van der Waals surface area contributed by atoms with E-state index in [2.05, 4.69) is 31.4 Å². The molecule has 0 unspecified atom stereocenters. The minimum absolute atomic E-state index is 0.0925. The van der Waals surface area contributed by atoms with Crippen molar-refractivity contribution in [1.29, 1.82) is 0 Å². The lowest BCUT2D eigenvalue weighted by Crippen LogP contribution is -2.54. The minimum atomic E-state index is -0.971. The number of carbonyl (C=O) groups is 4. The number of anilines is 1. The highest BCUT2D eigenvalue weighted by Crippen LogP contribution is 2.46. The third-order valence-corrected chi connectivity index (χ3v) is 5.69. The van der Waals surface area contributed by atoms with Crippen molar-refractivity contribution < 1.29 is 23.9 Å². The van der Waals surface area contributed by atoms with Crippen LogP contribution < -0.4 is 10.6 Å². The molecule has 3 rings (SSSR count). The number of ether oxygens (including phenoxy) is 1. The third-order valence-electron chi connectivity index (χ3n) is 5.69. The Morgan fingerprint density at radius 2 is 1.93 bits per heavy atom. The van der Waals surface area contributed by atoms with Crippen molar-refractivity contribution in [3.63, 3.8) is 0 Å². The molecule has 1 aliphatic carbocycles. The van der Waals surface area contributed by atoms with Gasteiger partial charge in [-0.25, -0.2) is 4.79 Å². The lowest BCUT2D eigenvalue weighted by Gasteiger charge is -2.43. The van der Waals surface area contributed by atoms with Crippen molar-refractivity contribution in [2.75, 3.05) is 18.5 Å². The van der Waals surface area contributed by atoms with Gasteiger partial charge >= 0.3 is 12.0 Å². The molecule has 1 aromatic rings. The molecule has 1 heterocycles. The van der Waals surface area contributed by atoms with E-state index < -0.39 is 42.5 Å². The van der Waals surface area contributed by atoms with Crippen molar-refractivity contribution in [3.8, 4) is 0 Å². The molecule has 162 valence electrons. The van der Waals surface area contributed by atoms with Gasteiger partial charge in [0.15, 0.2) is 6.61 Å². The number of nitrogens with one attached hydrogen (secondary N) is 2. The maximum Gasteiger partial charge on any atom is 0.326 e. The smallest absolute Gasteiger partial charge is 0.326 e. The van der Waals surface area contributed by atoms with E-state index in [9.17, 15) is 19.2 Å². The van der Waals surface area contributed by atoms with Crippen molar-refractivity contribution in [3.05, 3.63) is 29.8 Å². The van der Waals surface area contributed by atoms with Gasteiger partial charge < -0.3 is 15.4 Å². The van der Waals surface area contributed by atoms with Crippen LogP contribution in [0.1, 0.15) is 45.6 Å². The van der Waals surface area contributed by atoms with E-state index in [-0.39, 0.29) is 11.3 Å². The number of esters is 1. The van der Waals surface area contributed by atoms with Gasteiger partial charge in [-0.2, -0.15) is 0 Å². The molecule has 1 saturated heterocycles. The summed E-state index contributed by atoms with van der Waals surface area (Å²) in [6.45, 7) is 7.06. The van der Waals surface area contributed by atoms with E-state index in [1.54, 1.807) is 12.1 Å². The van der Waals surface area contributed by atoms with Crippen LogP contribution in [0, 0.1) is 18.3 Å². The molecule has 1 aromatic carbocycles. The molecule has 2 N–H and O–H groups in total. The molecule has 8 heteroatoms. The van der Waals surface area contributed by atoms with E-state index in [0.717, 1.165) is 16.9 Å². The van der Waals surface area contributed by atoms with Crippen molar-refractivity contribution >= 4 is 29.5 Å². The fourth-order valence-corrected chi connectivity index (χ4v) is 4.87. The molecule has 30 heavy (non-hydrogen) atoms. The van der Waals surface area contributed by atoms with Gasteiger partial charge in [0.1, 0.15) is 12.1 Å². The van der Waals surface area contributed by atoms with Crippen molar-refractivity contribution in [1.82, 2.24) is 10.2 Å². The number of urea groups is 1. The molecule has 0 bridgehead atoms. The standard InChI is InChI=1S/C22H29N3O5/c1-14-9-21(3,4)13-22(10-14)19(28)25(20(29)24-22)11-18(27)30-12-17(26)23-16-8-6-5-7-15(16)2/h5-8,14H,9-13H2,1-4H3,(H,23,26)(H,24,29)/t14-,22+/m1/s1. The molecule has 2 atom stereocenters. The first-order valence-corrected chi connectivity index (χ1v) is 10.2. The van der Waals surface area contributed by atoms with Crippen LogP contribution in [0.15, 0.2) is 24.3 Å². The number of hydrogen-bond donors (Lipinski definition) is 2. The van der Waals surface area contributed by atoms with Gasteiger partial charge in [-0.15, -0.1) is 0 Å². The van der Waals surface area contributed by atoms with E-state index in [1.165, 1.54) is 0 Å². The summed E-state index contributed by atoms with van der Waals surface area (Å²) in [5.41, 5.74) is 0.445. The topological polar surface area (TPSA) is 105 Å². The number of hydrogen-bond acceptors (Lipinski definition) is 5. The van der Waals surface area contributed by atoms with Gasteiger partial charge in [0, 0.05) is 5.69 Å². The van der Waals surface area contributed by atoms with Gasteiger partial charge in [-0.05, 0) is 49.1 Å². The predicted molar refractivity (Wildman–Crippen MR) is 111 cm³/mol. The largest absolute Gasteiger partial charge is 0.454 e. The maximum absolute atomic E-state index is 13.0. The fourth-order valence-electron chi connectivity index (χ4n) is 4.87. The normalized spacial score (nSPS) is 25.2. The Morgan fingerprint density at radius 3 is 2.60 bits per heavy atom. The highest BCUT2D eigenvalue weighted by molar-refractivity contribution is 6.09. The quantitative estimate of drug-likeness (QED) is 0.568. The van der Waals surface area contributed by atoms with Crippen LogP contribution in [-0.4, -0.2) is 47.4 Å². The number of imide groups is 1. The Hall–Kier alpha value is -2.90. The van der Waals surface area contributed by atoms with Crippen LogP contribution in [0.5, 0.6) is 0 Å². The maximum atomic E-state index is 13.0. The summed E-state index contributed by atoms with van der Waals surface area (Å²) in [6, 6.07) is 6.64. The van der Waals surface area contributed by atoms with Gasteiger partial charge in [0.25, 0.3) is 11.8 Å². The van der Waals surface area contributed by atoms with Crippen LogP contribution in [0.25, 0.3) is 0 Å². The summed E-state index contributed by atoms with van der Waals surface area (Å²) in [5.74, 6) is -1.42. The predicted octanol–water partition coefficient (Wildman–Crippen LogP) is 2.61. The molecule has 0 radical (unpaired) electrons. The second kappa shape index (κ2) is 8.08. The zero-order valence-corrected chi connectivity index (χ0v) is 17.9. The fraction of sp³-hybridized carbons (Fsp3) is 0.545. The van der Waals surface area contributed by atoms with Crippen molar-refractivity contribution in [2.45, 2.75) is 52.5 Å². The zero-order valence-electron chi connectivity index (χ0n) is 17.9. The van der Waals surface area contributed by atoms with Crippen LogP contribution >= 0.6 is 0 Å². The Morgan fingerprint density at radius 1 is 1.23 bits per heavy atom. The summed E-state index contributed by atoms with van der Waals surface area (Å²) in [4.78, 5) is 50.6. The average molecular weight is 415 g/mol. The second-order valence-electron chi connectivity index (χ2n) is 9.28. The molecular weight excluding hydrogens is 386 g/mol. The average Bonchev–Trinajstić information content (AvgIpc) is 2.83.